The molecule has 0 N–H and O–H groups in total. The number of nitrogens with zero attached hydrogens (tertiary/aromatic N) is 4. The quantitative estimate of drug-likeness (QED) is 0.157. The number of hydrogen-bond donors (Lipinski definition) is 0. The minimum Gasteiger partial charge on any atom is -0.494 e. The van der Waals surface area contributed by atoms with Gasteiger partial charge in [-0.1, -0.05) is 30.3 Å². The van der Waals surface area contributed by atoms with Crippen molar-refractivity contribution in [2.45, 2.75) is 51.9 Å². The van der Waals surface area contributed by atoms with E-state index in [2.05, 4.69) is 39.0 Å². The van der Waals surface area contributed by atoms with Crippen LogP contribution in [0.3, 0.4) is 0 Å². The van der Waals surface area contributed by atoms with Gasteiger partial charge in [0.15, 0.2) is 5.76 Å². The lowest BCUT2D eigenvalue weighted by atomic mass is 9.90. The second-order valence-corrected chi connectivity index (χ2v) is 11.0. The first-order valence-corrected chi connectivity index (χ1v) is 15.0. The van der Waals surface area contributed by atoms with Crippen molar-refractivity contribution in [2.24, 2.45) is 4.99 Å². The van der Waals surface area contributed by atoms with Gasteiger partial charge in [-0.2, -0.15) is 0 Å². The number of aryl methyl sites for hydroxylation is 3. The summed E-state index contributed by atoms with van der Waals surface area (Å²) < 4.78 is 11.7. The number of para-hydroxylation sites is 2. The number of amides is 1. The van der Waals surface area contributed by atoms with Gasteiger partial charge < -0.3 is 14.4 Å². The van der Waals surface area contributed by atoms with Crippen molar-refractivity contribution in [1.29, 1.82) is 0 Å². The third-order valence-corrected chi connectivity index (χ3v) is 8.09. The van der Waals surface area contributed by atoms with Crippen molar-refractivity contribution in [3.05, 3.63) is 100 Å². The highest BCUT2D eigenvalue weighted by Gasteiger charge is 2.35. The summed E-state index contributed by atoms with van der Waals surface area (Å²) in [5.41, 5.74) is 7.28. The maximum Gasteiger partial charge on any atom is 0.304 e. The molecular weight excluding hydrogens is 524 g/mol. The summed E-state index contributed by atoms with van der Waals surface area (Å²) in [6.45, 7) is 12.9. The predicted octanol–water partition coefficient (Wildman–Crippen LogP) is 7.25. The number of ether oxygens (including phenoxy) is 2. The summed E-state index contributed by atoms with van der Waals surface area (Å²) in [6.07, 6.45) is 8.90. The average molecular weight is 561 g/mol. The zero-order valence-electron chi connectivity index (χ0n) is 24.1. The molecule has 0 saturated carbocycles. The molecule has 1 fully saturated rings. The molecule has 1 amide bonds. The van der Waals surface area contributed by atoms with Crippen LogP contribution in [0, 0.1) is 6.57 Å². The fourth-order valence-corrected chi connectivity index (χ4v) is 6.13. The molecule has 6 rings (SSSR count). The highest BCUT2D eigenvalue weighted by molar-refractivity contribution is 6.12. The SMILES string of the molecule is [C-]#[N+]c1ccccc1N=C1O/C(=C/c2cc3c4c(c2)CCCN4CCC3)C(=O)N1CCCCc1ccc(OCC)cc1. The van der Waals surface area contributed by atoms with Gasteiger partial charge in [0.2, 0.25) is 5.69 Å². The van der Waals surface area contributed by atoms with E-state index in [-0.39, 0.29) is 17.7 Å². The first-order valence-electron chi connectivity index (χ1n) is 15.0. The number of anilines is 1. The Hall–Kier alpha value is -4.57. The van der Waals surface area contributed by atoms with Crippen molar-refractivity contribution in [2.75, 3.05) is 31.1 Å². The van der Waals surface area contributed by atoms with E-state index in [0.717, 1.165) is 69.3 Å². The Bertz CT molecular complexity index is 1540. The summed E-state index contributed by atoms with van der Waals surface area (Å²) in [6, 6.07) is 20.0. The van der Waals surface area contributed by atoms with Gasteiger partial charge in [-0.05, 0) is 111 Å². The second kappa shape index (κ2) is 12.5. The molecule has 214 valence electrons. The van der Waals surface area contributed by atoms with Crippen LogP contribution in [0.25, 0.3) is 10.9 Å². The maximum absolute atomic E-state index is 13.7. The molecule has 0 bridgehead atoms. The van der Waals surface area contributed by atoms with Crippen LogP contribution in [0.2, 0.25) is 0 Å². The van der Waals surface area contributed by atoms with Crippen LogP contribution in [-0.2, 0) is 28.8 Å². The number of carbonyl (C=O) groups excluding carboxylic acids is 1. The standard InChI is InChI=1S/C35H36N4O3/c1-3-41-29-17-15-25(16-18-29)10-6-7-21-39-34(40)32(42-35(39)37-31-14-5-4-13-30(31)36-2)24-26-22-27-11-8-19-38-20-9-12-28(23-26)33(27)38/h4-5,13-18,22-24H,3,6-12,19-21H2,1H3/b32-24+,37-35?. The fraction of sp³-hybridized carbons (Fsp3) is 0.343. The minimum absolute atomic E-state index is 0.192. The van der Waals surface area contributed by atoms with Gasteiger partial charge >= 0.3 is 6.02 Å². The minimum atomic E-state index is -0.192. The molecule has 0 radical (unpaired) electrons. The number of carbonyl (C=O) groups is 1. The number of unbranched alkanes of at least 4 members (excludes halogenated alkanes) is 1. The van der Waals surface area contributed by atoms with Gasteiger partial charge in [-0.15, -0.1) is 0 Å². The summed E-state index contributed by atoms with van der Waals surface area (Å²) in [5, 5.41) is 0. The van der Waals surface area contributed by atoms with E-state index in [9.17, 15) is 4.79 Å². The van der Waals surface area contributed by atoms with Crippen LogP contribution in [0.5, 0.6) is 5.75 Å². The summed E-state index contributed by atoms with van der Waals surface area (Å²) in [5.74, 6) is 0.959. The molecule has 7 nitrogen and oxygen atoms in total. The van der Waals surface area contributed by atoms with E-state index in [4.69, 9.17) is 16.0 Å². The molecule has 0 unspecified atom stereocenters. The van der Waals surface area contributed by atoms with Gasteiger partial charge in [0, 0.05) is 25.3 Å². The highest BCUT2D eigenvalue weighted by atomic mass is 16.5. The molecule has 3 aliphatic heterocycles. The van der Waals surface area contributed by atoms with Crippen LogP contribution in [-0.4, -0.2) is 43.1 Å². The Morgan fingerprint density at radius 2 is 1.76 bits per heavy atom. The van der Waals surface area contributed by atoms with Crippen molar-refractivity contribution in [3.63, 3.8) is 0 Å². The molecule has 1 saturated heterocycles. The van der Waals surface area contributed by atoms with Crippen LogP contribution >= 0.6 is 0 Å². The fourth-order valence-electron chi connectivity index (χ4n) is 6.13. The van der Waals surface area contributed by atoms with Crippen molar-refractivity contribution >= 4 is 35.1 Å². The van der Waals surface area contributed by atoms with Gasteiger partial charge in [0.05, 0.1) is 18.9 Å². The zero-order chi connectivity index (χ0) is 28.9. The van der Waals surface area contributed by atoms with Crippen LogP contribution in [0.15, 0.2) is 71.4 Å². The van der Waals surface area contributed by atoms with E-state index in [1.807, 2.05) is 37.3 Å². The van der Waals surface area contributed by atoms with Crippen LogP contribution in [0.1, 0.15) is 54.9 Å². The summed E-state index contributed by atoms with van der Waals surface area (Å²) >= 11 is 0. The third kappa shape index (κ3) is 5.89. The zero-order valence-corrected chi connectivity index (χ0v) is 24.1. The molecule has 0 aliphatic carbocycles. The van der Waals surface area contributed by atoms with Crippen molar-refractivity contribution in [3.8, 4) is 5.75 Å². The molecule has 42 heavy (non-hydrogen) atoms. The Labute approximate surface area is 247 Å². The monoisotopic (exact) mass is 560 g/mol. The predicted molar refractivity (Wildman–Crippen MR) is 166 cm³/mol. The lowest BCUT2D eigenvalue weighted by Gasteiger charge is -2.37. The van der Waals surface area contributed by atoms with Gasteiger partial charge in [0.25, 0.3) is 5.91 Å². The Kier molecular flexibility index (Phi) is 8.23. The highest BCUT2D eigenvalue weighted by Crippen LogP contribution is 2.37. The number of aliphatic imine (C=N–C) groups is 1. The Balaban J connectivity index is 1.23. The van der Waals surface area contributed by atoms with Crippen LogP contribution < -0.4 is 9.64 Å². The van der Waals surface area contributed by atoms with Crippen LogP contribution in [0.4, 0.5) is 17.1 Å². The molecule has 3 aliphatic rings. The van der Waals surface area contributed by atoms with Crippen molar-refractivity contribution < 1.29 is 14.3 Å². The molecular formula is C35H36N4O3. The summed E-state index contributed by atoms with van der Waals surface area (Å²) in [4.78, 5) is 26.1. The van der Waals surface area contributed by atoms with Gasteiger partial charge in [-0.3, -0.25) is 9.69 Å². The number of rotatable bonds is 9. The first-order chi connectivity index (χ1) is 20.6. The molecule has 0 spiro atoms. The van der Waals surface area contributed by atoms with E-state index >= 15 is 0 Å². The van der Waals surface area contributed by atoms with E-state index in [1.54, 1.807) is 17.0 Å². The second-order valence-electron chi connectivity index (χ2n) is 11.0. The Morgan fingerprint density at radius 3 is 2.48 bits per heavy atom. The third-order valence-electron chi connectivity index (χ3n) is 8.09. The topological polar surface area (TPSA) is 58.7 Å². The molecule has 0 aromatic heterocycles. The van der Waals surface area contributed by atoms with E-state index in [1.165, 1.54) is 22.4 Å². The molecule has 7 heteroatoms. The molecule has 3 aromatic carbocycles. The summed E-state index contributed by atoms with van der Waals surface area (Å²) in [7, 11) is 0. The van der Waals surface area contributed by atoms with Gasteiger partial charge in [-0.25, -0.2) is 9.84 Å². The number of benzene rings is 3. The van der Waals surface area contributed by atoms with E-state index < -0.39 is 0 Å². The lowest BCUT2D eigenvalue weighted by molar-refractivity contribution is -0.122. The average Bonchev–Trinajstić information content (AvgIpc) is 3.29. The largest absolute Gasteiger partial charge is 0.494 e. The number of amidine groups is 1. The number of hydrogen-bond acceptors (Lipinski definition) is 5. The van der Waals surface area contributed by atoms with E-state index in [0.29, 0.717) is 24.5 Å². The lowest BCUT2D eigenvalue weighted by Crippen LogP contribution is -2.34. The van der Waals surface area contributed by atoms with Gasteiger partial charge in [0.1, 0.15) is 5.75 Å². The molecule has 3 aromatic rings. The molecule has 0 atom stereocenters. The smallest absolute Gasteiger partial charge is 0.304 e. The first kappa shape index (κ1) is 27.6. The molecule has 3 heterocycles. The Morgan fingerprint density at radius 1 is 1.02 bits per heavy atom. The normalized spacial score (nSPS) is 17.8. The maximum atomic E-state index is 13.7. The van der Waals surface area contributed by atoms with Crippen molar-refractivity contribution in [1.82, 2.24) is 4.90 Å².